The Labute approximate surface area is 425 Å². The van der Waals surface area contributed by atoms with Crippen molar-refractivity contribution in [3.8, 4) is 11.8 Å². The van der Waals surface area contributed by atoms with Gasteiger partial charge >= 0.3 is 6.18 Å². The minimum Gasteiger partial charge on any atom is -0.386 e. The number of hydrogen-bond donors (Lipinski definition) is 5. The number of fused-ring (bicyclic) bond motifs is 3. The quantitative estimate of drug-likeness (QED) is 0.0698. The van der Waals surface area contributed by atoms with Crippen molar-refractivity contribution < 1.29 is 46.6 Å². The number of amides is 5. The second kappa shape index (κ2) is 17.9. The van der Waals surface area contributed by atoms with Crippen molar-refractivity contribution in [1.29, 1.82) is 0 Å². The Hall–Kier alpha value is -6.35. The van der Waals surface area contributed by atoms with Crippen molar-refractivity contribution in [2.45, 2.75) is 121 Å². The summed E-state index contributed by atoms with van der Waals surface area (Å²) in [7, 11) is 0. The van der Waals surface area contributed by atoms with Gasteiger partial charge in [-0.1, -0.05) is 62.4 Å². The molecule has 13 nitrogen and oxygen atoms in total. The van der Waals surface area contributed by atoms with Gasteiger partial charge in [-0.25, -0.2) is 4.39 Å². The molecule has 5 N–H and O–H groups in total. The van der Waals surface area contributed by atoms with Crippen LogP contribution in [0.5, 0.6) is 0 Å². The Kier molecular flexibility index (Phi) is 12.3. The Balaban J connectivity index is 0.865. The molecular weight excluding hydrogens is 966 g/mol. The molecule has 6 aliphatic rings. The molecule has 6 heterocycles. The Morgan fingerprint density at radius 1 is 1.00 bits per heavy atom. The predicted octanol–water partition coefficient (Wildman–Crippen LogP) is 8.04. The molecule has 10 rings (SSSR count). The number of anilines is 2. The molecule has 0 unspecified atom stereocenters. The third-order valence-electron chi connectivity index (χ3n) is 16.0. The number of nitrogens with zero attached hydrogens (tertiary/aromatic N) is 3. The number of hydrogen-bond acceptors (Lipinski definition) is 9. The number of carbonyl (C=O) groups excluding carboxylic acids is 5. The van der Waals surface area contributed by atoms with E-state index >= 15 is 4.39 Å². The van der Waals surface area contributed by atoms with Crippen LogP contribution in [0.3, 0.4) is 0 Å². The van der Waals surface area contributed by atoms with Crippen molar-refractivity contribution in [2.75, 3.05) is 30.3 Å². The molecule has 1 saturated carbocycles. The fourth-order valence-corrected chi connectivity index (χ4v) is 12.3. The number of carbonyl (C=O) groups is 5. The second-order valence-corrected chi connectivity index (χ2v) is 22.7. The van der Waals surface area contributed by atoms with E-state index < -0.39 is 64.6 Å². The van der Waals surface area contributed by atoms with E-state index in [2.05, 4.69) is 38.1 Å². The summed E-state index contributed by atoms with van der Waals surface area (Å²) in [5, 5.41) is 23.3. The molecule has 0 bridgehead atoms. The summed E-state index contributed by atoms with van der Waals surface area (Å²) in [6.45, 7) is 10.3. The van der Waals surface area contributed by atoms with Gasteiger partial charge < -0.3 is 30.9 Å². The van der Waals surface area contributed by atoms with Gasteiger partial charge in [0, 0.05) is 101 Å². The van der Waals surface area contributed by atoms with E-state index in [0.29, 0.717) is 36.2 Å². The lowest BCUT2D eigenvalue weighted by atomic mass is 9.63. The number of imide groups is 1. The molecule has 4 fully saturated rings. The lowest BCUT2D eigenvalue weighted by molar-refractivity contribution is -0.141. The first-order chi connectivity index (χ1) is 34.4. The van der Waals surface area contributed by atoms with Crippen LogP contribution in [0, 0.1) is 34.4 Å². The second-order valence-electron chi connectivity index (χ2n) is 22.3. The van der Waals surface area contributed by atoms with Crippen LogP contribution in [-0.2, 0) is 38.1 Å². The van der Waals surface area contributed by atoms with Crippen LogP contribution >= 0.6 is 11.6 Å². The van der Waals surface area contributed by atoms with Crippen molar-refractivity contribution in [3.63, 3.8) is 0 Å². The number of alkyl halides is 3. The van der Waals surface area contributed by atoms with Gasteiger partial charge in [-0.05, 0) is 110 Å². The standard InChI is InChI=1S/C55H56ClF4N7O6/c1-51(2,3)25-42-54(28-62-39-23-41(55(58,59)60)61-26-36(39)54)44(33-10-7-11-37(56)45(33)57)46(64-42)48(70)63-38-15-13-30(22-35(38)52(4,5)73)49(71)66-20-18-53(19-21-66)24-31(53)14-12-29-8-6-9-32-34(29)27-67(50(32)72)40-16-17-43(68)65-47(40)69/h6-11,13,15,22-23,26,31,40,42,44,46,62,64,73H,16-21,24-25,27-28H2,1-5H3,(H,63,70)(H,65,68,69)/t31-,40-,42-,44-,46+,54-/m0/s1. The van der Waals surface area contributed by atoms with E-state index in [1.807, 2.05) is 26.8 Å². The zero-order chi connectivity index (χ0) is 52.2. The average Bonchev–Trinajstić information content (AvgIpc) is 3.53. The average molecular weight is 1020 g/mol. The topological polar surface area (TPSA) is 173 Å². The Morgan fingerprint density at radius 2 is 1.74 bits per heavy atom. The first-order valence-corrected chi connectivity index (χ1v) is 25.0. The van der Waals surface area contributed by atoms with Gasteiger partial charge in [0.2, 0.25) is 17.7 Å². The molecule has 18 heteroatoms. The van der Waals surface area contributed by atoms with Crippen molar-refractivity contribution in [1.82, 2.24) is 25.4 Å². The number of likely N-dealkylation sites (tertiary alicyclic amines) is 1. The highest BCUT2D eigenvalue weighted by Crippen LogP contribution is 2.60. The smallest absolute Gasteiger partial charge is 0.386 e. The van der Waals surface area contributed by atoms with E-state index in [1.54, 1.807) is 41.3 Å². The minimum absolute atomic E-state index is 0.0595. The monoisotopic (exact) mass is 1020 g/mol. The third kappa shape index (κ3) is 9.03. The predicted molar refractivity (Wildman–Crippen MR) is 264 cm³/mol. The molecule has 73 heavy (non-hydrogen) atoms. The third-order valence-corrected chi connectivity index (χ3v) is 16.2. The summed E-state index contributed by atoms with van der Waals surface area (Å²) < 4.78 is 58.3. The normalized spacial score (nSPS) is 25.2. The van der Waals surface area contributed by atoms with Gasteiger partial charge in [0.25, 0.3) is 11.8 Å². The van der Waals surface area contributed by atoms with Crippen LogP contribution in [0.1, 0.15) is 133 Å². The SMILES string of the molecule is CC(C)(C)C[C@@H]1N[C@@H](C(=O)Nc2ccc(C(=O)N3CCC4(CC3)C[C@@H]4C#Cc3cccc4c3CN([C@H]3CCC(=O)NC3=O)C4=O)cc2C(C)(C)O)[C@H](c2cccc(Cl)c2F)[C@]12CNc1cc(C(F)(F)F)ncc12. The largest absolute Gasteiger partial charge is 0.433 e. The first kappa shape index (κ1) is 50.2. The molecule has 3 saturated heterocycles. The molecule has 0 radical (unpaired) electrons. The van der Waals surface area contributed by atoms with Gasteiger partial charge in [-0.15, -0.1) is 0 Å². The fourth-order valence-electron chi connectivity index (χ4n) is 12.1. The number of nitrogens with one attached hydrogen (secondary N) is 4. The highest BCUT2D eigenvalue weighted by molar-refractivity contribution is 6.30. The van der Waals surface area contributed by atoms with Crippen molar-refractivity contribution in [2.24, 2.45) is 16.7 Å². The first-order valence-electron chi connectivity index (χ1n) is 24.7. The van der Waals surface area contributed by atoms with Crippen LogP contribution in [-0.4, -0.2) is 87.2 Å². The molecule has 382 valence electrons. The van der Waals surface area contributed by atoms with E-state index in [9.17, 15) is 42.3 Å². The molecule has 4 aromatic rings. The Bertz CT molecular complexity index is 3060. The zero-order valence-corrected chi connectivity index (χ0v) is 41.8. The highest BCUT2D eigenvalue weighted by atomic mass is 35.5. The molecule has 5 amide bonds. The highest BCUT2D eigenvalue weighted by Gasteiger charge is 2.62. The molecule has 3 aromatic carbocycles. The van der Waals surface area contributed by atoms with E-state index in [4.69, 9.17) is 11.6 Å². The number of aromatic nitrogens is 1. The lowest BCUT2D eigenvalue weighted by Crippen LogP contribution is -2.52. The van der Waals surface area contributed by atoms with Crippen molar-refractivity contribution in [3.05, 3.63) is 122 Å². The minimum atomic E-state index is -4.72. The number of rotatable bonds is 7. The van der Waals surface area contributed by atoms with E-state index in [-0.39, 0.29) is 87.9 Å². The Morgan fingerprint density at radius 3 is 2.44 bits per heavy atom. The molecule has 1 aliphatic carbocycles. The maximum atomic E-state index is 16.4. The van der Waals surface area contributed by atoms with Gasteiger partial charge in [0.05, 0.1) is 16.7 Å². The van der Waals surface area contributed by atoms with Crippen LogP contribution in [0.15, 0.2) is 66.9 Å². The van der Waals surface area contributed by atoms with E-state index in [1.165, 1.54) is 37.1 Å². The number of pyridine rings is 1. The zero-order valence-electron chi connectivity index (χ0n) is 41.0. The summed E-state index contributed by atoms with van der Waals surface area (Å²) >= 11 is 6.39. The summed E-state index contributed by atoms with van der Waals surface area (Å²) in [4.78, 5) is 74.0. The fraction of sp³-hybridized carbons (Fsp3) is 0.455. The van der Waals surface area contributed by atoms with Gasteiger partial charge in [0.15, 0.2) is 0 Å². The molecule has 5 aliphatic heterocycles. The van der Waals surface area contributed by atoms with Crippen LogP contribution in [0.25, 0.3) is 0 Å². The van der Waals surface area contributed by atoms with Gasteiger partial charge in [-0.2, -0.15) is 13.2 Å². The van der Waals surface area contributed by atoms with Crippen molar-refractivity contribution >= 4 is 52.5 Å². The number of piperidine rings is 2. The van der Waals surface area contributed by atoms with Gasteiger partial charge in [0.1, 0.15) is 17.6 Å². The molecule has 1 aromatic heterocycles. The van der Waals surface area contributed by atoms with Gasteiger partial charge in [-0.3, -0.25) is 34.3 Å². The summed E-state index contributed by atoms with van der Waals surface area (Å²) in [5.74, 6) is 3.16. The maximum absolute atomic E-state index is 16.4. The summed E-state index contributed by atoms with van der Waals surface area (Å²) in [5.41, 5.74) is -0.811. The lowest BCUT2D eigenvalue weighted by Gasteiger charge is -2.39. The maximum Gasteiger partial charge on any atom is 0.433 e. The molecule has 2 spiro atoms. The summed E-state index contributed by atoms with van der Waals surface area (Å²) in [6.07, 6.45) is -0.362. The van der Waals surface area contributed by atoms with E-state index in [0.717, 1.165) is 36.5 Å². The summed E-state index contributed by atoms with van der Waals surface area (Å²) in [6, 6.07) is 13.1. The number of benzene rings is 3. The van der Waals surface area contributed by atoms with Crippen LogP contribution in [0.4, 0.5) is 28.9 Å². The number of aliphatic hydroxyl groups is 1. The van der Waals surface area contributed by atoms with Crippen LogP contribution in [0.2, 0.25) is 5.02 Å². The molecule has 6 atom stereocenters. The number of halogens is 5. The van der Waals surface area contributed by atoms with Crippen LogP contribution < -0.4 is 21.3 Å². The molecular formula is C55H56ClF4N7O6.